The van der Waals surface area contributed by atoms with Crippen LogP contribution in [0.25, 0.3) is 0 Å². The number of sulfonamides is 1. The first-order valence-corrected chi connectivity index (χ1v) is 10.4. The predicted molar refractivity (Wildman–Crippen MR) is 111 cm³/mol. The van der Waals surface area contributed by atoms with Crippen molar-refractivity contribution in [2.45, 2.75) is 11.3 Å². The summed E-state index contributed by atoms with van der Waals surface area (Å²) in [4.78, 5) is 12.4. The van der Waals surface area contributed by atoms with E-state index >= 15 is 0 Å². The Bertz CT molecular complexity index is 1140. The molecule has 0 saturated carbocycles. The van der Waals surface area contributed by atoms with E-state index in [4.69, 9.17) is 5.26 Å². The molecule has 0 aliphatic heterocycles. The molecule has 3 aromatic rings. The molecule has 3 aromatic carbocycles. The van der Waals surface area contributed by atoms with Crippen molar-refractivity contribution >= 4 is 21.6 Å². The Balaban J connectivity index is 1.61. The van der Waals surface area contributed by atoms with Gasteiger partial charge in [0.25, 0.3) is 5.91 Å². The lowest BCUT2D eigenvalue weighted by Gasteiger charge is -2.09. The highest BCUT2D eigenvalue weighted by Gasteiger charge is 2.14. The van der Waals surface area contributed by atoms with Crippen LogP contribution >= 0.6 is 0 Å². The van der Waals surface area contributed by atoms with E-state index in [-0.39, 0.29) is 10.8 Å². The van der Waals surface area contributed by atoms with Crippen LogP contribution in [0.2, 0.25) is 0 Å². The average molecular weight is 405 g/mol. The molecule has 0 heterocycles. The highest BCUT2D eigenvalue weighted by atomic mass is 32.2. The number of anilines is 1. The first-order valence-electron chi connectivity index (χ1n) is 8.93. The van der Waals surface area contributed by atoms with Gasteiger partial charge in [-0.2, -0.15) is 5.26 Å². The van der Waals surface area contributed by atoms with Crippen LogP contribution in [0.5, 0.6) is 0 Å². The summed E-state index contributed by atoms with van der Waals surface area (Å²) in [6.45, 7) is 0.292. The van der Waals surface area contributed by atoms with Crippen molar-refractivity contribution in [1.82, 2.24) is 4.72 Å². The summed E-state index contributed by atoms with van der Waals surface area (Å²) in [7, 11) is -3.64. The molecule has 0 fully saturated rings. The molecule has 2 N–H and O–H groups in total. The zero-order valence-electron chi connectivity index (χ0n) is 15.5. The summed E-state index contributed by atoms with van der Waals surface area (Å²) in [5, 5.41) is 11.6. The number of benzene rings is 3. The molecular formula is C22H19N3O3S. The summed E-state index contributed by atoms with van der Waals surface area (Å²) in [5.41, 5.74) is 2.25. The SMILES string of the molecule is N#Cc1cccc(C(=O)Nc2ccc(S(=O)(=O)NCCc3ccccc3)cc2)c1. The number of carbonyl (C=O) groups is 1. The van der Waals surface area contributed by atoms with Crippen molar-refractivity contribution in [2.24, 2.45) is 0 Å². The number of nitrogens with zero attached hydrogens (tertiary/aromatic N) is 1. The smallest absolute Gasteiger partial charge is 0.255 e. The molecule has 146 valence electrons. The van der Waals surface area contributed by atoms with Crippen LogP contribution in [0.15, 0.2) is 83.8 Å². The maximum absolute atomic E-state index is 12.4. The van der Waals surface area contributed by atoms with E-state index < -0.39 is 10.0 Å². The second-order valence-electron chi connectivity index (χ2n) is 6.30. The number of carbonyl (C=O) groups excluding carboxylic acids is 1. The lowest BCUT2D eigenvalue weighted by molar-refractivity contribution is 0.102. The van der Waals surface area contributed by atoms with Crippen LogP contribution in [0.4, 0.5) is 5.69 Å². The lowest BCUT2D eigenvalue weighted by atomic mass is 10.1. The number of nitrogens with one attached hydrogen (secondary N) is 2. The van der Waals surface area contributed by atoms with Gasteiger partial charge in [-0.1, -0.05) is 36.4 Å². The number of hydrogen-bond donors (Lipinski definition) is 2. The number of rotatable bonds is 7. The minimum atomic E-state index is -3.64. The highest BCUT2D eigenvalue weighted by Crippen LogP contribution is 2.15. The molecule has 0 unspecified atom stereocenters. The molecule has 6 nitrogen and oxygen atoms in total. The second kappa shape index (κ2) is 9.15. The van der Waals surface area contributed by atoms with Crippen LogP contribution in [0, 0.1) is 11.3 Å². The molecule has 0 spiro atoms. The van der Waals surface area contributed by atoms with Crippen LogP contribution in [0.3, 0.4) is 0 Å². The zero-order chi connectivity index (χ0) is 20.7. The highest BCUT2D eigenvalue weighted by molar-refractivity contribution is 7.89. The fourth-order valence-electron chi connectivity index (χ4n) is 2.71. The van der Waals surface area contributed by atoms with Gasteiger partial charge in [-0.15, -0.1) is 0 Å². The van der Waals surface area contributed by atoms with Gasteiger partial charge in [-0.3, -0.25) is 4.79 Å². The lowest BCUT2D eigenvalue weighted by Crippen LogP contribution is -2.26. The van der Waals surface area contributed by atoms with E-state index in [1.165, 1.54) is 30.3 Å². The maximum Gasteiger partial charge on any atom is 0.255 e. The fourth-order valence-corrected chi connectivity index (χ4v) is 3.74. The standard InChI is InChI=1S/C22H19N3O3S/c23-16-18-7-4-8-19(15-18)22(26)25-20-9-11-21(12-10-20)29(27,28)24-14-13-17-5-2-1-3-6-17/h1-12,15,24H,13-14H2,(H,25,26). The van der Waals surface area contributed by atoms with Gasteiger partial charge in [0, 0.05) is 17.8 Å². The fraction of sp³-hybridized carbons (Fsp3) is 0.0909. The molecule has 0 aliphatic rings. The molecule has 3 rings (SSSR count). The molecule has 0 aromatic heterocycles. The molecular weight excluding hydrogens is 386 g/mol. The molecule has 29 heavy (non-hydrogen) atoms. The Kier molecular flexibility index (Phi) is 6.39. The maximum atomic E-state index is 12.4. The largest absolute Gasteiger partial charge is 0.322 e. The third-order valence-electron chi connectivity index (χ3n) is 4.22. The summed E-state index contributed by atoms with van der Waals surface area (Å²) >= 11 is 0. The summed E-state index contributed by atoms with van der Waals surface area (Å²) in [6.07, 6.45) is 0.593. The Hall–Kier alpha value is -3.47. The molecule has 7 heteroatoms. The van der Waals surface area contributed by atoms with Crippen LogP contribution in [0.1, 0.15) is 21.5 Å². The van der Waals surface area contributed by atoms with Gasteiger partial charge in [0.1, 0.15) is 0 Å². The topological polar surface area (TPSA) is 99.1 Å². The minimum Gasteiger partial charge on any atom is -0.322 e. The van der Waals surface area contributed by atoms with Gasteiger partial charge in [0.05, 0.1) is 16.5 Å². The van der Waals surface area contributed by atoms with Gasteiger partial charge >= 0.3 is 0 Å². The van der Waals surface area contributed by atoms with E-state index in [2.05, 4.69) is 10.0 Å². The molecule has 0 saturated heterocycles. The molecule has 0 bridgehead atoms. The van der Waals surface area contributed by atoms with Gasteiger partial charge in [0.15, 0.2) is 0 Å². The van der Waals surface area contributed by atoms with E-state index in [1.54, 1.807) is 18.2 Å². The molecule has 0 radical (unpaired) electrons. The van der Waals surface area contributed by atoms with Crippen molar-refractivity contribution in [3.05, 3.63) is 95.6 Å². The normalized spacial score (nSPS) is 10.9. The molecule has 0 aliphatic carbocycles. The number of hydrogen-bond acceptors (Lipinski definition) is 4. The first-order chi connectivity index (χ1) is 14.0. The predicted octanol–water partition coefficient (Wildman–Crippen LogP) is 3.33. The Morgan fingerprint density at radius 2 is 1.66 bits per heavy atom. The van der Waals surface area contributed by atoms with E-state index in [1.807, 2.05) is 36.4 Å². The van der Waals surface area contributed by atoms with E-state index in [9.17, 15) is 13.2 Å². The summed E-state index contributed by atoms with van der Waals surface area (Å²) in [6, 6.07) is 23.9. The summed E-state index contributed by atoms with van der Waals surface area (Å²) < 4.78 is 27.4. The first kappa shape index (κ1) is 20.3. The number of amides is 1. The Morgan fingerprint density at radius 1 is 0.931 bits per heavy atom. The molecule has 1 amide bonds. The van der Waals surface area contributed by atoms with Gasteiger partial charge in [-0.05, 0) is 54.4 Å². The van der Waals surface area contributed by atoms with Crippen molar-refractivity contribution in [2.75, 3.05) is 11.9 Å². The number of nitriles is 1. The van der Waals surface area contributed by atoms with Crippen LogP contribution < -0.4 is 10.0 Å². The average Bonchev–Trinajstić information content (AvgIpc) is 2.75. The minimum absolute atomic E-state index is 0.120. The third-order valence-corrected chi connectivity index (χ3v) is 5.70. The summed E-state index contributed by atoms with van der Waals surface area (Å²) in [5.74, 6) is -0.376. The van der Waals surface area contributed by atoms with Crippen molar-refractivity contribution in [3.63, 3.8) is 0 Å². The second-order valence-corrected chi connectivity index (χ2v) is 8.07. The molecule has 0 atom stereocenters. The quantitative estimate of drug-likeness (QED) is 0.630. The monoisotopic (exact) mass is 405 g/mol. The van der Waals surface area contributed by atoms with Gasteiger partial charge < -0.3 is 5.32 Å². The van der Waals surface area contributed by atoms with Crippen molar-refractivity contribution in [1.29, 1.82) is 5.26 Å². The zero-order valence-corrected chi connectivity index (χ0v) is 16.3. The Labute approximate surface area is 169 Å². The van der Waals surface area contributed by atoms with Crippen molar-refractivity contribution in [3.8, 4) is 6.07 Å². The Morgan fingerprint density at radius 3 is 2.34 bits per heavy atom. The van der Waals surface area contributed by atoms with E-state index in [0.717, 1.165) is 5.56 Å². The third kappa shape index (κ3) is 5.51. The van der Waals surface area contributed by atoms with Crippen LogP contribution in [-0.2, 0) is 16.4 Å². The van der Waals surface area contributed by atoms with Crippen LogP contribution in [-0.4, -0.2) is 20.9 Å². The van der Waals surface area contributed by atoms with Gasteiger partial charge in [-0.25, -0.2) is 13.1 Å². The van der Waals surface area contributed by atoms with Crippen molar-refractivity contribution < 1.29 is 13.2 Å². The van der Waals surface area contributed by atoms with E-state index in [0.29, 0.717) is 29.8 Å². The van der Waals surface area contributed by atoms with Gasteiger partial charge in [0.2, 0.25) is 10.0 Å².